The second-order valence-electron chi connectivity index (χ2n) is 8.43. The van der Waals surface area contributed by atoms with Crippen molar-refractivity contribution in [3.63, 3.8) is 0 Å². The Kier molecular flexibility index (Phi) is 7.16. The van der Waals surface area contributed by atoms with Crippen LogP contribution in [0.1, 0.15) is 26.5 Å². The number of esters is 1. The molecule has 1 fully saturated rings. The number of nitriles is 1. The molecule has 10 heteroatoms. The molecule has 1 saturated heterocycles. The second-order valence-corrected chi connectivity index (χ2v) is 9.34. The third kappa shape index (κ3) is 5.33. The Morgan fingerprint density at radius 3 is 2.65 bits per heavy atom. The summed E-state index contributed by atoms with van der Waals surface area (Å²) in [5, 5.41) is 15.8. The monoisotopic (exact) mass is 516 g/mol. The fourth-order valence-corrected chi connectivity index (χ4v) is 4.86. The van der Waals surface area contributed by atoms with Crippen molar-refractivity contribution in [2.24, 2.45) is 0 Å². The molecule has 4 aromatic rings. The Morgan fingerprint density at radius 1 is 1.19 bits per heavy atom. The van der Waals surface area contributed by atoms with Crippen molar-refractivity contribution in [3.8, 4) is 34.5 Å². The van der Waals surface area contributed by atoms with Crippen molar-refractivity contribution in [2.75, 3.05) is 38.3 Å². The van der Waals surface area contributed by atoms with Gasteiger partial charge < -0.3 is 23.6 Å². The van der Waals surface area contributed by atoms with Gasteiger partial charge in [0.1, 0.15) is 23.1 Å². The normalized spacial score (nSPS) is 13.3. The standard InChI is InChI=1S/C27H24N4O5S/c1-17-11-24(36-30-17)21-13-23(19-3-5-20(6-4-19)31-7-9-34-10-8-31)29-26(22(21)14-28)35-15-18-12-25(37-16-18)27(32)33-2/h3-6,11-13,16H,7-10,15H2,1-2H3. The zero-order valence-corrected chi connectivity index (χ0v) is 21.2. The van der Waals surface area contributed by atoms with Gasteiger partial charge in [-0.25, -0.2) is 9.78 Å². The number of anilines is 1. The average molecular weight is 517 g/mol. The van der Waals surface area contributed by atoms with Gasteiger partial charge in [-0.2, -0.15) is 5.26 Å². The molecule has 1 aromatic carbocycles. The number of methoxy groups -OCH3 is 1. The number of carbonyl (C=O) groups excluding carboxylic acids is 1. The molecule has 5 rings (SSSR count). The molecule has 0 amide bonds. The molecule has 9 nitrogen and oxygen atoms in total. The van der Waals surface area contributed by atoms with Crippen LogP contribution < -0.4 is 9.64 Å². The molecule has 0 spiro atoms. The number of ether oxygens (including phenoxy) is 3. The molecular formula is C27H24N4O5S. The molecule has 188 valence electrons. The summed E-state index contributed by atoms with van der Waals surface area (Å²) >= 11 is 1.27. The number of nitrogens with zero attached hydrogens (tertiary/aromatic N) is 4. The first-order valence-electron chi connectivity index (χ1n) is 11.7. The summed E-state index contributed by atoms with van der Waals surface area (Å²) in [6.07, 6.45) is 0. The number of carbonyl (C=O) groups is 1. The number of morpholine rings is 1. The zero-order chi connectivity index (χ0) is 25.8. The zero-order valence-electron chi connectivity index (χ0n) is 20.4. The summed E-state index contributed by atoms with van der Waals surface area (Å²) in [6.45, 7) is 5.07. The molecular weight excluding hydrogens is 492 g/mol. The quantitative estimate of drug-likeness (QED) is 0.318. The van der Waals surface area contributed by atoms with E-state index in [9.17, 15) is 10.1 Å². The van der Waals surface area contributed by atoms with Gasteiger partial charge in [-0.15, -0.1) is 11.3 Å². The topological polar surface area (TPSA) is 111 Å². The van der Waals surface area contributed by atoms with Crippen molar-refractivity contribution in [1.29, 1.82) is 5.26 Å². The summed E-state index contributed by atoms with van der Waals surface area (Å²) < 4.78 is 21.7. The Labute approximate surface area is 217 Å². The summed E-state index contributed by atoms with van der Waals surface area (Å²) in [4.78, 5) is 19.2. The van der Waals surface area contributed by atoms with Crippen LogP contribution in [0.25, 0.3) is 22.6 Å². The van der Waals surface area contributed by atoms with Gasteiger partial charge in [-0.05, 0) is 36.6 Å². The second kappa shape index (κ2) is 10.8. The lowest BCUT2D eigenvalue weighted by Crippen LogP contribution is -2.36. The summed E-state index contributed by atoms with van der Waals surface area (Å²) in [6, 6.07) is 15.6. The van der Waals surface area contributed by atoms with Gasteiger partial charge >= 0.3 is 5.97 Å². The molecule has 0 aliphatic carbocycles. The van der Waals surface area contributed by atoms with E-state index in [-0.39, 0.29) is 18.1 Å². The number of pyridine rings is 1. The van der Waals surface area contributed by atoms with E-state index in [2.05, 4.69) is 28.3 Å². The van der Waals surface area contributed by atoms with Crippen molar-refractivity contribution in [3.05, 3.63) is 69.5 Å². The van der Waals surface area contributed by atoms with Crippen molar-refractivity contribution >= 4 is 23.0 Å². The molecule has 0 saturated carbocycles. The highest BCUT2D eigenvalue weighted by Gasteiger charge is 2.20. The number of aryl methyl sites for hydroxylation is 1. The smallest absolute Gasteiger partial charge is 0.348 e. The predicted octanol–water partition coefficient (Wildman–Crippen LogP) is 4.85. The third-order valence-corrected chi connectivity index (χ3v) is 6.91. The number of rotatable bonds is 7. The Morgan fingerprint density at radius 2 is 1.97 bits per heavy atom. The SMILES string of the molecule is COC(=O)c1cc(COc2nc(-c3ccc(N4CCOCC4)cc3)cc(-c3cc(C)no3)c2C#N)cs1. The lowest BCUT2D eigenvalue weighted by atomic mass is 10.0. The lowest BCUT2D eigenvalue weighted by Gasteiger charge is -2.28. The number of thiophene rings is 1. The van der Waals surface area contributed by atoms with E-state index in [4.69, 9.17) is 23.7 Å². The van der Waals surface area contributed by atoms with E-state index >= 15 is 0 Å². The first-order valence-corrected chi connectivity index (χ1v) is 12.5. The van der Waals surface area contributed by atoms with Gasteiger partial charge in [-0.1, -0.05) is 17.3 Å². The van der Waals surface area contributed by atoms with E-state index in [0.29, 0.717) is 40.8 Å². The van der Waals surface area contributed by atoms with Crippen LogP contribution in [0.15, 0.2) is 52.4 Å². The molecule has 0 atom stereocenters. The maximum absolute atomic E-state index is 11.8. The van der Waals surface area contributed by atoms with Crippen LogP contribution in [0.3, 0.4) is 0 Å². The Balaban J connectivity index is 1.49. The predicted molar refractivity (Wildman–Crippen MR) is 138 cm³/mol. The molecule has 37 heavy (non-hydrogen) atoms. The van der Waals surface area contributed by atoms with Crippen LogP contribution in [0.4, 0.5) is 5.69 Å². The Hall–Kier alpha value is -4.20. The fourth-order valence-electron chi connectivity index (χ4n) is 4.04. The highest BCUT2D eigenvalue weighted by Crippen LogP contribution is 2.35. The minimum atomic E-state index is -0.405. The van der Waals surface area contributed by atoms with Crippen LogP contribution in [0.5, 0.6) is 5.88 Å². The van der Waals surface area contributed by atoms with Crippen molar-refractivity contribution < 1.29 is 23.5 Å². The third-order valence-electron chi connectivity index (χ3n) is 5.95. The first-order chi connectivity index (χ1) is 18.1. The minimum Gasteiger partial charge on any atom is -0.472 e. The number of hydrogen-bond donors (Lipinski definition) is 0. The van der Waals surface area contributed by atoms with E-state index < -0.39 is 5.97 Å². The molecule has 0 N–H and O–H groups in total. The number of hydrogen-bond acceptors (Lipinski definition) is 10. The van der Waals surface area contributed by atoms with Gasteiger partial charge in [0.15, 0.2) is 5.76 Å². The number of benzene rings is 1. The minimum absolute atomic E-state index is 0.128. The van der Waals surface area contributed by atoms with Gasteiger partial charge in [0, 0.05) is 41.5 Å². The lowest BCUT2D eigenvalue weighted by molar-refractivity contribution is 0.0606. The van der Waals surface area contributed by atoms with Crippen LogP contribution in [0.2, 0.25) is 0 Å². The van der Waals surface area contributed by atoms with Crippen LogP contribution in [-0.4, -0.2) is 49.5 Å². The fraction of sp³-hybridized carbons (Fsp3) is 0.259. The highest BCUT2D eigenvalue weighted by molar-refractivity contribution is 7.12. The maximum Gasteiger partial charge on any atom is 0.348 e. The van der Waals surface area contributed by atoms with Crippen LogP contribution >= 0.6 is 11.3 Å². The summed E-state index contributed by atoms with van der Waals surface area (Å²) in [5.41, 5.74) is 4.87. The largest absolute Gasteiger partial charge is 0.472 e. The molecule has 0 radical (unpaired) electrons. The molecule has 4 heterocycles. The van der Waals surface area contributed by atoms with Crippen molar-refractivity contribution in [1.82, 2.24) is 10.1 Å². The molecule has 1 aliphatic heterocycles. The molecule has 0 bridgehead atoms. The number of aromatic nitrogens is 2. The summed E-state index contributed by atoms with van der Waals surface area (Å²) in [7, 11) is 1.34. The van der Waals surface area contributed by atoms with Gasteiger partial charge in [0.25, 0.3) is 0 Å². The van der Waals surface area contributed by atoms with E-state index in [1.807, 2.05) is 30.5 Å². The Bertz CT molecular complexity index is 1450. The van der Waals surface area contributed by atoms with Crippen LogP contribution in [0, 0.1) is 18.3 Å². The molecule has 0 unspecified atom stereocenters. The molecule has 1 aliphatic rings. The van der Waals surface area contributed by atoms with Gasteiger partial charge in [0.2, 0.25) is 5.88 Å². The molecule has 3 aromatic heterocycles. The van der Waals surface area contributed by atoms with Gasteiger partial charge in [-0.3, -0.25) is 0 Å². The maximum atomic E-state index is 11.8. The first kappa shape index (κ1) is 24.5. The van der Waals surface area contributed by atoms with Crippen molar-refractivity contribution in [2.45, 2.75) is 13.5 Å². The highest BCUT2D eigenvalue weighted by atomic mass is 32.1. The van der Waals surface area contributed by atoms with E-state index in [1.165, 1.54) is 18.4 Å². The van der Waals surface area contributed by atoms with Gasteiger partial charge in [0.05, 0.1) is 31.7 Å². The van der Waals surface area contributed by atoms with Crippen LogP contribution in [-0.2, 0) is 16.1 Å². The van der Waals surface area contributed by atoms with E-state index in [1.54, 1.807) is 12.1 Å². The summed E-state index contributed by atoms with van der Waals surface area (Å²) in [5.74, 6) is 0.223. The van der Waals surface area contributed by atoms with E-state index in [0.717, 1.165) is 29.9 Å². The average Bonchev–Trinajstić information content (AvgIpc) is 3.60.